The van der Waals surface area contributed by atoms with Crippen LogP contribution in [-0.2, 0) is 16.6 Å². The molecule has 0 spiro atoms. The Morgan fingerprint density at radius 3 is 2.34 bits per heavy atom. The molecule has 1 saturated heterocycles. The van der Waals surface area contributed by atoms with E-state index in [1.165, 1.54) is 24.0 Å². The number of imidazole rings is 1. The maximum atomic E-state index is 5.94. The number of nitrogens with one attached hydrogen (secondary N) is 1. The molecule has 0 radical (unpaired) electrons. The lowest BCUT2D eigenvalue weighted by molar-refractivity contribution is 0.212. The lowest BCUT2D eigenvalue weighted by Gasteiger charge is -2.31. The summed E-state index contributed by atoms with van der Waals surface area (Å²) in [7, 11) is 0. The van der Waals surface area contributed by atoms with Gasteiger partial charge in [-0.1, -0.05) is 50.2 Å². The predicted octanol–water partition coefficient (Wildman–Crippen LogP) is 6.50. The van der Waals surface area contributed by atoms with Crippen LogP contribution in [0.3, 0.4) is 0 Å². The first-order valence-corrected chi connectivity index (χ1v) is 13.3. The molecule has 0 amide bonds. The molecule has 0 saturated carbocycles. The summed E-state index contributed by atoms with van der Waals surface area (Å²) >= 11 is 0. The largest absolute Gasteiger partial charge is 0.478 e. The Bertz CT molecular complexity index is 1100. The number of hydrogen-bond donors (Lipinski definition) is 1. The smallest absolute Gasteiger partial charge is 0.194 e. The summed E-state index contributed by atoms with van der Waals surface area (Å²) in [6.45, 7) is 16.7. The lowest BCUT2D eigenvalue weighted by atomic mass is 9.83. The third-order valence-electron chi connectivity index (χ3n) is 7.28. The van der Waals surface area contributed by atoms with Crippen LogP contribution in [-0.4, -0.2) is 52.5 Å². The van der Waals surface area contributed by atoms with Gasteiger partial charge in [0.15, 0.2) is 5.90 Å². The molecule has 3 aromatic rings. The Hall–Kier alpha value is -2.66. The lowest BCUT2D eigenvalue weighted by Crippen LogP contribution is -2.34. The Kier molecular flexibility index (Phi) is 7.65. The van der Waals surface area contributed by atoms with Crippen molar-refractivity contribution in [3.8, 4) is 0 Å². The highest BCUT2D eigenvalue weighted by Gasteiger charge is 2.37. The Morgan fingerprint density at radius 1 is 1.03 bits per heavy atom. The normalized spacial score (nSPS) is 18.6. The summed E-state index contributed by atoms with van der Waals surface area (Å²) in [4.78, 5) is 15.8. The van der Waals surface area contributed by atoms with Gasteiger partial charge in [-0.2, -0.15) is 0 Å². The van der Waals surface area contributed by atoms with E-state index >= 15 is 0 Å². The minimum absolute atomic E-state index is 0.121. The monoisotopic (exact) mass is 474 g/mol. The van der Waals surface area contributed by atoms with Crippen molar-refractivity contribution >= 4 is 16.9 Å². The summed E-state index contributed by atoms with van der Waals surface area (Å²) in [5, 5.41) is 0. The second kappa shape index (κ2) is 10.5. The van der Waals surface area contributed by atoms with Gasteiger partial charge in [-0.25, -0.2) is 9.98 Å². The molecule has 2 aliphatic heterocycles. The highest BCUT2D eigenvalue weighted by atomic mass is 16.5. The average molecular weight is 475 g/mol. The first-order valence-electron chi connectivity index (χ1n) is 13.3. The maximum Gasteiger partial charge on any atom is 0.194 e. The fourth-order valence-corrected chi connectivity index (χ4v) is 5.00. The number of ether oxygens (including phenoxy) is 1. The van der Waals surface area contributed by atoms with E-state index in [0.29, 0.717) is 12.5 Å². The van der Waals surface area contributed by atoms with Gasteiger partial charge < -0.3 is 14.6 Å². The average Bonchev–Trinajstić information content (AvgIpc) is 3.48. The van der Waals surface area contributed by atoms with Gasteiger partial charge in [-0.3, -0.25) is 0 Å². The minimum Gasteiger partial charge on any atom is -0.478 e. The molecule has 1 N–H and O–H groups in total. The van der Waals surface area contributed by atoms with Crippen molar-refractivity contribution in [1.82, 2.24) is 14.9 Å². The van der Waals surface area contributed by atoms with Crippen LogP contribution in [0.5, 0.6) is 0 Å². The zero-order chi connectivity index (χ0) is 25.1. The molecule has 3 heterocycles. The van der Waals surface area contributed by atoms with E-state index in [1.54, 1.807) is 0 Å². The molecule has 0 atom stereocenters. The molecule has 0 bridgehead atoms. The summed E-state index contributed by atoms with van der Waals surface area (Å²) < 4.78 is 5.94. The molecule has 5 rings (SSSR count). The summed E-state index contributed by atoms with van der Waals surface area (Å²) in [6, 6.07) is 17.4. The van der Waals surface area contributed by atoms with Gasteiger partial charge in [-0.05, 0) is 83.3 Å². The van der Waals surface area contributed by atoms with Crippen LogP contribution in [0.15, 0.2) is 53.5 Å². The van der Waals surface area contributed by atoms with Gasteiger partial charge >= 0.3 is 0 Å². The summed E-state index contributed by atoms with van der Waals surface area (Å²) in [5.74, 6) is 2.56. The molecule has 2 aromatic carbocycles. The van der Waals surface area contributed by atoms with Crippen LogP contribution in [0, 0.1) is 0 Å². The number of aromatic nitrogens is 2. The number of benzene rings is 2. The van der Waals surface area contributed by atoms with Crippen LogP contribution in [0.25, 0.3) is 11.0 Å². The van der Waals surface area contributed by atoms with Crippen molar-refractivity contribution in [2.45, 2.75) is 77.7 Å². The third-order valence-corrected chi connectivity index (χ3v) is 7.28. The molecular formula is C30H42N4O. The molecule has 0 aliphatic carbocycles. The number of aliphatic imine (C=N–C) groups is 1. The zero-order valence-electron chi connectivity index (χ0n) is 22.4. The molecule has 1 aromatic heterocycles. The molecule has 1 fully saturated rings. The number of hydrogen-bond acceptors (Lipinski definition) is 4. The first kappa shape index (κ1) is 25.4. The molecule has 0 unspecified atom stereocenters. The standard InChI is InChI=1S/C28H36N4O.C2H6/c1-27(2)19-33-26(31-27)28(3,4)22-11-9-20(10-12-22)13-16-32-17-14-21(15-18-32)25-29-23-7-5-6-8-24(23)30-25;1-2/h5-12,21H,13-19H2,1-4H3,(H,29,30);1-2H3. The molecule has 188 valence electrons. The molecular weight excluding hydrogens is 432 g/mol. The van der Waals surface area contributed by atoms with Gasteiger partial charge in [-0.15, -0.1) is 0 Å². The van der Waals surface area contributed by atoms with E-state index in [-0.39, 0.29) is 11.0 Å². The van der Waals surface area contributed by atoms with E-state index in [1.807, 2.05) is 13.8 Å². The van der Waals surface area contributed by atoms with Crippen molar-refractivity contribution in [3.05, 3.63) is 65.5 Å². The topological polar surface area (TPSA) is 53.5 Å². The van der Waals surface area contributed by atoms with Crippen molar-refractivity contribution in [1.29, 1.82) is 0 Å². The van der Waals surface area contributed by atoms with E-state index in [0.717, 1.165) is 48.8 Å². The highest BCUT2D eigenvalue weighted by molar-refractivity contribution is 5.89. The number of rotatable bonds is 6. The van der Waals surface area contributed by atoms with Crippen molar-refractivity contribution in [2.24, 2.45) is 4.99 Å². The van der Waals surface area contributed by atoms with E-state index in [2.05, 4.69) is 86.1 Å². The number of H-pyrrole nitrogens is 1. The van der Waals surface area contributed by atoms with Gasteiger partial charge in [0.1, 0.15) is 12.4 Å². The fourth-order valence-electron chi connectivity index (χ4n) is 5.00. The molecule has 35 heavy (non-hydrogen) atoms. The second-order valence-electron chi connectivity index (χ2n) is 10.8. The second-order valence-corrected chi connectivity index (χ2v) is 10.8. The van der Waals surface area contributed by atoms with Crippen molar-refractivity contribution in [2.75, 3.05) is 26.2 Å². The molecule has 5 nitrogen and oxygen atoms in total. The van der Waals surface area contributed by atoms with Gasteiger partial charge in [0, 0.05) is 12.5 Å². The number of para-hydroxylation sites is 2. The fraction of sp³-hybridized carbons (Fsp3) is 0.533. The number of likely N-dealkylation sites (tertiary alicyclic amines) is 1. The van der Waals surface area contributed by atoms with Crippen molar-refractivity contribution < 1.29 is 4.74 Å². The molecule has 2 aliphatic rings. The quantitative estimate of drug-likeness (QED) is 0.444. The van der Waals surface area contributed by atoms with E-state index in [4.69, 9.17) is 14.7 Å². The number of piperidine rings is 1. The number of aromatic amines is 1. The third kappa shape index (κ3) is 5.78. The van der Waals surface area contributed by atoms with Crippen molar-refractivity contribution in [3.63, 3.8) is 0 Å². The highest BCUT2D eigenvalue weighted by Crippen LogP contribution is 2.32. The number of fused-ring (bicyclic) bond motifs is 1. The number of nitrogens with zero attached hydrogens (tertiary/aromatic N) is 3. The predicted molar refractivity (Wildman–Crippen MR) is 146 cm³/mol. The SMILES string of the molecule is CC.CC1(C)COC(C(C)(C)c2ccc(CCN3CCC(c4nc5ccccc5[nH]4)CC3)cc2)=N1. The van der Waals surface area contributed by atoms with Crippen LogP contribution >= 0.6 is 0 Å². The zero-order valence-corrected chi connectivity index (χ0v) is 22.4. The van der Waals surface area contributed by atoms with Gasteiger partial charge in [0.2, 0.25) is 0 Å². The van der Waals surface area contributed by atoms with Gasteiger partial charge in [0.25, 0.3) is 0 Å². The Morgan fingerprint density at radius 2 is 1.71 bits per heavy atom. The summed E-state index contributed by atoms with van der Waals surface area (Å²) in [6.07, 6.45) is 3.43. The van der Waals surface area contributed by atoms with E-state index in [9.17, 15) is 0 Å². The van der Waals surface area contributed by atoms with Crippen LogP contribution in [0.1, 0.15) is 77.3 Å². The maximum absolute atomic E-state index is 5.94. The van der Waals surface area contributed by atoms with Crippen LogP contribution in [0.2, 0.25) is 0 Å². The molecule has 5 heteroatoms. The first-order chi connectivity index (χ1) is 16.8. The Balaban J connectivity index is 0.00000141. The van der Waals surface area contributed by atoms with E-state index < -0.39 is 0 Å². The summed E-state index contributed by atoms with van der Waals surface area (Å²) in [5.41, 5.74) is 4.56. The minimum atomic E-state index is -0.204. The van der Waals surface area contributed by atoms with Gasteiger partial charge in [0.05, 0.1) is 22.0 Å². The van der Waals surface area contributed by atoms with Crippen LogP contribution in [0.4, 0.5) is 0 Å². The Labute approximate surface area is 211 Å². The van der Waals surface area contributed by atoms with Crippen LogP contribution < -0.4 is 0 Å².